The molecule has 0 saturated heterocycles. The Morgan fingerprint density at radius 2 is 1.92 bits per heavy atom. The van der Waals surface area contributed by atoms with E-state index in [1.54, 1.807) is 24.8 Å². The predicted octanol–water partition coefficient (Wildman–Crippen LogP) is 5.77. The molecule has 5 heterocycles. The van der Waals surface area contributed by atoms with Crippen LogP contribution in [-0.4, -0.2) is 36.0 Å². The summed E-state index contributed by atoms with van der Waals surface area (Å²) < 4.78 is 0. The second kappa shape index (κ2) is 9.46. The number of anilines is 1. The van der Waals surface area contributed by atoms with E-state index in [0.717, 1.165) is 46.3 Å². The fourth-order valence-corrected chi connectivity index (χ4v) is 4.85. The lowest BCUT2D eigenvalue weighted by atomic mass is 9.92. The average molecular weight is 490 g/mol. The van der Waals surface area contributed by atoms with E-state index in [1.807, 2.05) is 32.2 Å². The highest BCUT2D eigenvalue weighted by Gasteiger charge is 2.20. The Morgan fingerprint density at radius 1 is 1.05 bits per heavy atom. The van der Waals surface area contributed by atoms with Crippen molar-refractivity contribution >= 4 is 28.2 Å². The summed E-state index contributed by atoms with van der Waals surface area (Å²) in [5.41, 5.74) is 9.64. The number of pyridine rings is 3. The zero-order valence-corrected chi connectivity index (χ0v) is 20.7. The molecule has 37 heavy (non-hydrogen) atoms. The summed E-state index contributed by atoms with van der Waals surface area (Å²) in [4.78, 5) is 29.1. The van der Waals surface area contributed by atoms with Crippen LogP contribution in [0.3, 0.4) is 0 Å². The number of carbonyl (C=O) groups is 1. The third-order valence-electron chi connectivity index (χ3n) is 6.53. The van der Waals surface area contributed by atoms with Gasteiger partial charge in [0.25, 0.3) is 0 Å². The summed E-state index contributed by atoms with van der Waals surface area (Å²) in [6.07, 6.45) is 13.6. The van der Waals surface area contributed by atoms with Crippen LogP contribution in [0.4, 0.5) is 5.69 Å². The summed E-state index contributed by atoms with van der Waals surface area (Å²) in [6, 6.07) is 10.2. The molecule has 5 aromatic rings. The van der Waals surface area contributed by atoms with Crippen molar-refractivity contribution in [3.8, 4) is 22.5 Å². The lowest BCUT2D eigenvalue weighted by Crippen LogP contribution is -2.13. The molecular weight excluding hydrogens is 462 g/mol. The van der Waals surface area contributed by atoms with E-state index < -0.39 is 0 Å². The maximum atomic E-state index is 12.2. The second-order valence-electron chi connectivity index (χ2n) is 9.78. The van der Waals surface area contributed by atoms with Crippen LogP contribution in [-0.2, 0) is 11.2 Å². The molecule has 1 aliphatic carbocycles. The minimum atomic E-state index is -0.0185. The first kappa shape index (κ1) is 22.8. The summed E-state index contributed by atoms with van der Waals surface area (Å²) in [5.74, 6) is 0.270. The number of aromatic amines is 2. The first-order valence-corrected chi connectivity index (χ1v) is 12.5. The number of nitrogens with one attached hydrogen (secondary N) is 3. The van der Waals surface area contributed by atoms with Crippen LogP contribution in [0.1, 0.15) is 43.5 Å². The highest BCUT2D eigenvalue weighted by molar-refractivity contribution is 5.95. The van der Waals surface area contributed by atoms with E-state index >= 15 is 0 Å². The molecule has 3 N–H and O–H groups in total. The molecule has 0 spiro atoms. The van der Waals surface area contributed by atoms with E-state index in [1.165, 1.54) is 16.8 Å². The van der Waals surface area contributed by atoms with Crippen molar-refractivity contribution in [1.29, 1.82) is 0 Å². The van der Waals surface area contributed by atoms with Gasteiger partial charge in [-0.2, -0.15) is 5.10 Å². The quantitative estimate of drug-likeness (QED) is 0.280. The molecule has 0 aromatic carbocycles. The highest BCUT2D eigenvalue weighted by atomic mass is 16.1. The van der Waals surface area contributed by atoms with Gasteiger partial charge in [0.1, 0.15) is 0 Å². The third kappa shape index (κ3) is 4.53. The van der Waals surface area contributed by atoms with Crippen molar-refractivity contribution < 1.29 is 4.79 Å². The number of hydrogen-bond donors (Lipinski definition) is 3. The van der Waals surface area contributed by atoms with Gasteiger partial charge in [-0.3, -0.25) is 19.9 Å². The summed E-state index contributed by atoms with van der Waals surface area (Å²) in [7, 11) is 0. The molecular formula is C29H27N7O. The lowest BCUT2D eigenvalue weighted by molar-refractivity contribution is -0.116. The topological polar surface area (TPSA) is 112 Å². The molecule has 0 saturated carbocycles. The number of allylic oxidation sites excluding steroid dienone is 1. The molecule has 0 unspecified atom stereocenters. The van der Waals surface area contributed by atoms with Crippen LogP contribution in [0, 0.1) is 5.92 Å². The predicted molar refractivity (Wildman–Crippen MR) is 145 cm³/mol. The number of amides is 1. The maximum absolute atomic E-state index is 12.2. The molecule has 8 heteroatoms. The van der Waals surface area contributed by atoms with Gasteiger partial charge < -0.3 is 10.3 Å². The second-order valence-corrected chi connectivity index (χ2v) is 9.78. The lowest BCUT2D eigenvalue weighted by Gasteiger charge is -2.13. The van der Waals surface area contributed by atoms with E-state index in [2.05, 4.69) is 59.7 Å². The molecule has 8 nitrogen and oxygen atoms in total. The average Bonchev–Trinajstić information content (AvgIpc) is 3.52. The van der Waals surface area contributed by atoms with Gasteiger partial charge in [0.2, 0.25) is 5.91 Å². The fourth-order valence-electron chi connectivity index (χ4n) is 4.85. The van der Waals surface area contributed by atoms with Crippen LogP contribution < -0.4 is 5.32 Å². The monoisotopic (exact) mass is 489 g/mol. The largest absolute Gasteiger partial charge is 0.357 e. The van der Waals surface area contributed by atoms with Crippen molar-refractivity contribution in [3.05, 3.63) is 84.2 Å². The van der Waals surface area contributed by atoms with Crippen molar-refractivity contribution in [3.63, 3.8) is 0 Å². The molecule has 0 aliphatic heterocycles. The van der Waals surface area contributed by atoms with Crippen LogP contribution in [0.2, 0.25) is 0 Å². The smallest absolute Gasteiger partial charge is 0.224 e. The van der Waals surface area contributed by atoms with Crippen molar-refractivity contribution in [2.24, 2.45) is 5.92 Å². The Morgan fingerprint density at radius 3 is 2.76 bits per heavy atom. The van der Waals surface area contributed by atoms with Crippen LogP contribution in [0.15, 0.2) is 67.4 Å². The molecule has 5 aromatic heterocycles. The van der Waals surface area contributed by atoms with Crippen molar-refractivity contribution in [2.75, 3.05) is 5.32 Å². The maximum Gasteiger partial charge on any atom is 0.224 e. The highest BCUT2D eigenvalue weighted by Crippen LogP contribution is 2.36. The van der Waals surface area contributed by atoms with Gasteiger partial charge in [0, 0.05) is 64.5 Å². The molecule has 0 bridgehead atoms. The summed E-state index contributed by atoms with van der Waals surface area (Å²) in [5, 5.41) is 11.5. The number of rotatable bonds is 6. The van der Waals surface area contributed by atoms with Gasteiger partial charge >= 0.3 is 0 Å². The van der Waals surface area contributed by atoms with Gasteiger partial charge in [0.15, 0.2) is 5.65 Å². The molecule has 0 atom stereocenters. The standard InChI is InChI=1S/C29H27N7O/c1-17(2)9-27(37)33-21-10-19(14-31-16-21)20-11-24-28(35-36-29(24)32-15-20)26-12-23-22(6-3-7-25(23)34-26)18-5-4-8-30-13-18/h4-6,8,10-17,34H,3,7,9H2,1-2H3,(H,33,37)(H,32,35,36). The van der Waals surface area contributed by atoms with E-state index in [4.69, 9.17) is 0 Å². The number of aryl methyl sites for hydroxylation is 1. The number of H-pyrrole nitrogens is 2. The van der Waals surface area contributed by atoms with E-state index in [-0.39, 0.29) is 11.8 Å². The number of hydrogen-bond acceptors (Lipinski definition) is 5. The first-order chi connectivity index (χ1) is 18.0. The van der Waals surface area contributed by atoms with Crippen LogP contribution >= 0.6 is 0 Å². The van der Waals surface area contributed by atoms with Gasteiger partial charge in [-0.15, -0.1) is 0 Å². The van der Waals surface area contributed by atoms with Crippen molar-refractivity contribution in [2.45, 2.75) is 33.1 Å². The van der Waals surface area contributed by atoms with Gasteiger partial charge in [0.05, 0.1) is 23.3 Å². The molecule has 184 valence electrons. The van der Waals surface area contributed by atoms with Crippen molar-refractivity contribution in [1.82, 2.24) is 30.1 Å². The first-order valence-electron chi connectivity index (χ1n) is 12.5. The van der Waals surface area contributed by atoms with E-state index in [0.29, 0.717) is 17.8 Å². The summed E-state index contributed by atoms with van der Waals surface area (Å²) in [6.45, 7) is 4.04. The number of nitrogens with zero attached hydrogens (tertiary/aromatic N) is 4. The Hall–Kier alpha value is -4.59. The van der Waals surface area contributed by atoms with Crippen LogP contribution in [0.5, 0.6) is 0 Å². The number of carbonyl (C=O) groups excluding carboxylic acids is 1. The molecule has 1 aliphatic rings. The fraction of sp³-hybridized carbons (Fsp3) is 0.207. The Labute approximate surface area is 214 Å². The number of aromatic nitrogens is 6. The molecule has 0 fully saturated rings. The minimum absolute atomic E-state index is 0.0185. The van der Waals surface area contributed by atoms with Gasteiger partial charge in [-0.25, -0.2) is 4.98 Å². The Bertz CT molecular complexity index is 1630. The Balaban J connectivity index is 1.34. The molecule has 1 amide bonds. The zero-order valence-electron chi connectivity index (χ0n) is 20.7. The SMILES string of the molecule is CC(C)CC(=O)Nc1cncc(-c2cnc3n[nH]c(-c4cc5c([nH]4)CCC=C5c4cccnc4)c3c2)c1. The summed E-state index contributed by atoms with van der Waals surface area (Å²) >= 11 is 0. The van der Waals surface area contributed by atoms with E-state index in [9.17, 15) is 4.79 Å². The minimum Gasteiger partial charge on any atom is -0.357 e. The zero-order chi connectivity index (χ0) is 25.4. The number of fused-ring (bicyclic) bond motifs is 2. The molecule has 0 radical (unpaired) electrons. The Kier molecular flexibility index (Phi) is 5.84. The molecule has 6 rings (SSSR count). The normalized spacial score (nSPS) is 13.0. The third-order valence-corrected chi connectivity index (χ3v) is 6.53. The van der Waals surface area contributed by atoms with Gasteiger partial charge in [-0.1, -0.05) is 26.0 Å². The van der Waals surface area contributed by atoms with Gasteiger partial charge in [-0.05, 0) is 48.6 Å². The van der Waals surface area contributed by atoms with Crippen LogP contribution in [0.25, 0.3) is 39.1 Å².